The first kappa shape index (κ1) is 16.5. The van der Waals surface area contributed by atoms with Crippen molar-refractivity contribution >= 4 is 0 Å². The number of β-amino-alcohol motifs (C(OH)–C–C–N with tert-alkyl or cyclic N) is 1. The van der Waals surface area contributed by atoms with Gasteiger partial charge in [0.2, 0.25) is 0 Å². The van der Waals surface area contributed by atoms with Crippen LogP contribution in [-0.2, 0) is 0 Å². The molecule has 1 atom stereocenters. The molecular weight excluding hydrogens is 300 g/mol. The third-order valence-corrected chi connectivity index (χ3v) is 4.34. The van der Waals surface area contributed by atoms with Crippen LogP contribution in [0.1, 0.15) is 18.4 Å². The summed E-state index contributed by atoms with van der Waals surface area (Å²) in [7, 11) is 0. The summed E-state index contributed by atoms with van der Waals surface area (Å²) in [6.45, 7) is 3.43. The first-order valence-electron chi connectivity index (χ1n) is 8.38. The molecular formula is C20H22N2O2. The molecule has 1 aliphatic heterocycles. The fourth-order valence-corrected chi connectivity index (χ4v) is 2.97. The van der Waals surface area contributed by atoms with E-state index in [-0.39, 0.29) is 6.10 Å². The molecule has 1 heterocycles. The van der Waals surface area contributed by atoms with Crippen LogP contribution in [0.2, 0.25) is 0 Å². The van der Waals surface area contributed by atoms with Gasteiger partial charge in [0, 0.05) is 19.6 Å². The Morgan fingerprint density at radius 2 is 1.75 bits per heavy atom. The lowest BCUT2D eigenvalue weighted by molar-refractivity contribution is 0.173. The summed E-state index contributed by atoms with van der Waals surface area (Å²) >= 11 is 0. The fraction of sp³-hybridized carbons (Fsp3) is 0.350. The fourth-order valence-electron chi connectivity index (χ4n) is 2.97. The molecule has 24 heavy (non-hydrogen) atoms. The van der Waals surface area contributed by atoms with Gasteiger partial charge in [-0.15, -0.1) is 0 Å². The van der Waals surface area contributed by atoms with E-state index in [9.17, 15) is 5.11 Å². The van der Waals surface area contributed by atoms with Gasteiger partial charge in [-0.1, -0.05) is 24.3 Å². The molecule has 4 heteroatoms. The van der Waals surface area contributed by atoms with Gasteiger partial charge < -0.3 is 14.7 Å². The average Bonchev–Trinajstić information content (AvgIpc) is 3.05. The van der Waals surface area contributed by atoms with Crippen molar-refractivity contribution in [3.05, 3.63) is 54.1 Å². The summed E-state index contributed by atoms with van der Waals surface area (Å²) in [6, 6.07) is 17.7. The van der Waals surface area contributed by atoms with Crippen LogP contribution >= 0.6 is 0 Å². The molecule has 0 amide bonds. The van der Waals surface area contributed by atoms with Crippen molar-refractivity contribution < 1.29 is 9.84 Å². The largest absolute Gasteiger partial charge is 0.494 e. The molecule has 0 unspecified atom stereocenters. The van der Waals surface area contributed by atoms with Gasteiger partial charge in [0.15, 0.2) is 0 Å². The highest BCUT2D eigenvalue weighted by Gasteiger charge is 2.19. The Hall–Kier alpha value is -2.35. The molecule has 1 N–H and O–H groups in total. The van der Waals surface area contributed by atoms with Crippen molar-refractivity contribution in [3.63, 3.8) is 0 Å². The van der Waals surface area contributed by atoms with Crippen LogP contribution in [0.15, 0.2) is 48.5 Å². The van der Waals surface area contributed by atoms with Crippen LogP contribution < -0.4 is 4.74 Å². The third-order valence-electron chi connectivity index (χ3n) is 4.34. The molecule has 2 aromatic carbocycles. The standard InChI is InChI=1S/C20H22N2O2/c21-14-16-2-4-17(5-3-16)18-6-8-20(9-7-18)24-13-1-11-22-12-10-19(23)15-22/h2-9,19,23H,1,10-13,15H2/t19-/m1/s1. The Bertz CT molecular complexity index is 689. The van der Waals surface area contributed by atoms with Crippen LogP contribution in [0.5, 0.6) is 5.75 Å². The number of nitrogens with zero attached hydrogens (tertiary/aromatic N) is 2. The second kappa shape index (κ2) is 7.96. The zero-order chi connectivity index (χ0) is 16.8. The van der Waals surface area contributed by atoms with Crippen molar-refractivity contribution in [1.82, 2.24) is 4.90 Å². The van der Waals surface area contributed by atoms with Crippen molar-refractivity contribution in [1.29, 1.82) is 5.26 Å². The van der Waals surface area contributed by atoms with E-state index in [0.717, 1.165) is 49.4 Å². The minimum Gasteiger partial charge on any atom is -0.494 e. The molecule has 2 aromatic rings. The Balaban J connectivity index is 1.46. The van der Waals surface area contributed by atoms with E-state index in [1.54, 1.807) is 0 Å². The van der Waals surface area contributed by atoms with E-state index in [1.165, 1.54) is 0 Å². The minimum atomic E-state index is -0.152. The van der Waals surface area contributed by atoms with E-state index in [1.807, 2.05) is 48.5 Å². The van der Waals surface area contributed by atoms with E-state index >= 15 is 0 Å². The van der Waals surface area contributed by atoms with Crippen molar-refractivity contribution in [2.24, 2.45) is 0 Å². The number of nitriles is 1. The first-order valence-corrected chi connectivity index (χ1v) is 8.38. The number of benzene rings is 2. The Kier molecular flexibility index (Phi) is 5.47. The number of ether oxygens (including phenoxy) is 1. The molecule has 124 valence electrons. The van der Waals surface area contributed by atoms with Gasteiger partial charge in [0.05, 0.1) is 24.3 Å². The number of aliphatic hydroxyl groups is 1. The quantitative estimate of drug-likeness (QED) is 0.831. The summed E-state index contributed by atoms with van der Waals surface area (Å²) < 4.78 is 5.79. The minimum absolute atomic E-state index is 0.152. The van der Waals surface area contributed by atoms with E-state index < -0.39 is 0 Å². The Morgan fingerprint density at radius 3 is 2.33 bits per heavy atom. The predicted molar refractivity (Wildman–Crippen MR) is 93.8 cm³/mol. The highest BCUT2D eigenvalue weighted by atomic mass is 16.5. The second-order valence-corrected chi connectivity index (χ2v) is 6.16. The van der Waals surface area contributed by atoms with E-state index in [0.29, 0.717) is 12.2 Å². The van der Waals surface area contributed by atoms with Crippen LogP contribution in [0.4, 0.5) is 0 Å². The lowest BCUT2D eigenvalue weighted by Crippen LogP contribution is -2.24. The smallest absolute Gasteiger partial charge is 0.119 e. The van der Waals surface area contributed by atoms with Crippen LogP contribution in [0, 0.1) is 11.3 Å². The zero-order valence-corrected chi connectivity index (χ0v) is 13.7. The average molecular weight is 322 g/mol. The lowest BCUT2D eigenvalue weighted by atomic mass is 10.0. The maximum atomic E-state index is 9.49. The molecule has 3 rings (SSSR count). The van der Waals surface area contributed by atoms with Gasteiger partial charge in [-0.25, -0.2) is 0 Å². The van der Waals surface area contributed by atoms with E-state index in [2.05, 4.69) is 11.0 Å². The third kappa shape index (κ3) is 4.35. The van der Waals surface area contributed by atoms with Gasteiger partial charge in [0.1, 0.15) is 5.75 Å². The lowest BCUT2D eigenvalue weighted by Gasteiger charge is -2.14. The van der Waals surface area contributed by atoms with Crippen molar-refractivity contribution in [2.75, 3.05) is 26.2 Å². The summed E-state index contributed by atoms with van der Waals surface area (Å²) in [5.41, 5.74) is 2.87. The highest BCUT2D eigenvalue weighted by molar-refractivity contribution is 5.64. The molecule has 1 aliphatic rings. The first-order chi connectivity index (χ1) is 11.7. The summed E-state index contributed by atoms with van der Waals surface area (Å²) in [5, 5.41) is 18.3. The summed E-state index contributed by atoms with van der Waals surface area (Å²) in [4.78, 5) is 2.28. The maximum Gasteiger partial charge on any atom is 0.119 e. The van der Waals surface area contributed by atoms with Crippen LogP contribution in [-0.4, -0.2) is 42.4 Å². The normalized spacial score (nSPS) is 17.6. The zero-order valence-electron chi connectivity index (χ0n) is 13.7. The number of rotatable bonds is 6. The van der Waals surface area contributed by atoms with Crippen molar-refractivity contribution in [3.8, 4) is 22.9 Å². The molecule has 1 saturated heterocycles. The van der Waals surface area contributed by atoms with Crippen LogP contribution in [0.3, 0.4) is 0 Å². The SMILES string of the molecule is N#Cc1ccc(-c2ccc(OCCCN3CC[C@@H](O)C3)cc2)cc1. The number of aliphatic hydroxyl groups excluding tert-OH is 1. The van der Waals surface area contributed by atoms with Crippen LogP contribution in [0.25, 0.3) is 11.1 Å². The second-order valence-electron chi connectivity index (χ2n) is 6.16. The maximum absolute atomic E-state index is 9.49. The Labute approximate surface area is 142 Å². The number of hydrogen-bond donors (Lipinski definition) is 1. The molecule has 0 aliphatic carbocycles. The van der Waals surface area contributed by atoms with Gasteiger partial charge in [-0.05, 0) is 48.2 Å². The monoisotopic (exact) mass is 322 g/mol. The topological polar surface area (TPSA) is 56.5 Å². The number of likely N-dealkylation sites (tertiary alicyclic amines) is 1. The summed E-state index contributed by atoms with van der Waals surface area (Å²) in [5.74, 6) is 0.869. The molecule has 0 radical (unpaired) electrons. The highest BCUT2D eigenvalue weighted by Crippen LogP contribution is 2.23. The van der Waals surface area contributed by atoms with Gasteiger partial charge in [-0.3, -0.25) is 0 Å². The van der Waals surface area contributed by atoms with Gasteiger partial charge in [-0.2, -0.15) is 5.26 Å². The van der Waals surface area contributed by atoms with Crippen molar-refractivity contribution in [2.45, 2.75) is 18.9 Å². The predicted octanol–water partition coefficient (Wildman–Crippen LogP) is 3.06. The molecule has 1 fully saturated rings. The molecule has 4 nitrogen and oxygen atoms in total. The molecule has 0 bridgehead atoms. The molecule has 0 aromatic heterocycles. The van der Waals surface area contributed by atoms with Gasteiger partial charge >= 0.3 is 0 Å². The van der Waals surface area contributed by atoms with E-state index in [4.69, 9.17) is 10.00 Å². The molecule has 0 spiro atoms. The Morgan fingerprint density at radius 1 is 1.08 bits per heavy atom. The number of hydrogen-bond acceptors (Lipinski definition) is 4. The summed E-state index contributed by atoms with van der Waals surface area (Å²) in [6.07, 6.45) is 1.70. The van der Waals surface area contributed by atoms with Gasteiger partial charge in [0.25, 0.3) is 0 Å². The molecule has 0 saturated carbocycles.